The summed E-state index contributed by atoms with van der Waals surface area (Å²) in [6.45, 7) is 2.15. The van der Waals surface area contributed by atoms with E-state index in [2.05, 4.69) is 5.32 Å². The van der Waals surface area contributed by atoms with E-state index in [-0.39, 0.29) is 25.0 Å². The third-order valence-corrected chi connectivity index (χ3v) is 2.71. The molecule has 0 aliphatic rings. The van der Waals surface area contributed by atoms with E-state index in [9.17, 15) is 9.59 Å². The molecule has 1 amide bonds. The van der Waals surface area contributed by atoms with Gasteiger partial charge in [-0.1, -0.05) is 6.92 Å². The standard InChI is InChI=1S/C14H20N2O4/c1-3-12(14(18)19-2)16-10-4-6-11(7-5-10)20-9-8-13(15)17/h4-7,12,16H,3,8-9H2,1-2H3,(H2,15,17). The number of carbonyl (C=O) groups is 2. The number of hydrogen-bond acceptors (Lipinski definition) is 5. The van der Waals surface area contributed by atoms with Crippen LogP contribution in [0.4, 0.5) is 5.69 Å². The lowest BCUT2D eigenvalue weighted by Gasteiger charge is -2.16. The number of benzene rings is 1. The summed E-state index contributed by atoms with van der Waals surface area (Å²) in [6, 6.07) is 6.73. The molecule has 0 heterocycles. The minimum absolute atomic E-state index is 0.181. The zero-order valence-corrected chi connectivity index (χ0v) is 11.7. The van der Waals surface area contributed by atoms with Crippen molar-refractivity contribution in [2.75, 3.05) is 19.0 Å². The number of nitrogens with two attached hydrogens (primary N) is 1. The number of nitrogens with one attached hydrogen (secondary N) is 1. The molecule has 1 unspecified atom stereocenters. The predicted molar refractivity (Wildman–Crippen MR) is 75.5 cm³/mol. The van der Waals surface area contributed by atoms with Crippen molar-refractivity contribution < 1.29 is 19.1 Å². The van der Waals surface area contributed by atoms with Gasteiger partial charge in [-0.2, -0.15) is 0 Å². The number of amides is 1. The largest absolute Gasteiger partial charge is 0.493 e. The highest BCUT2D eigenvalue weighted by atomic mass is 16.5. The van der Waals surface area contributed by atoms with Crippen LogP contribution in [0.3, 0.4) is 0 Å². The summed E-state index contributed by atoms with van der Waals surface area (Å²) in [5.74, 6) is -0.0515. The van der Waals surface area contributed by atoms with Gasteiger partial charge in [-0.25, -0.2) is 4.79 Å². The first-order valence-corrected chi connectivity index (χ1v) is 6.42. The predicted octanol–water partition coefficient (Wildman–Crippen LogP) is 1.30. The summed E-state index contributed by atoms with van der Waals surface area (Å²) in [7, 11) is 1.36. The average molecular weight is 280 g/mol. The molecule has 0 aliphatic carbocycles. The molecule has 0 saturated carbocycles. The number of anilines is 1. The molecule has 1 atom stereocenters. The van der Waals surface area contributed by atoms with Crippen molar-refractivity contribution in [3.63, 3.8) is 0 Å². The molecule has 3 N–H and O–H groups in total. The first kappa shape index (κ1) is 15.8. The van der Waals surface area contributed by atoms with Gasteiger partial charge in [0.05, 0.1) is 20.1 Å². The quantitative estimate of drug-likeness (QED) is 0.700. The molecule has 0 saturated heterocycles. The van der Waals surface area contributed by atoms with Crippen LogP contribution in [0.25, 0.3) is 0 Å². The number of carbonyl (C=O) groups excluding carboxylic acids is 2. The number of hydrogen-bond donors (Lipinski definition) is 2. The fourth-order valence-electron chi connectivity index (χ4n) is 1.59. The Morgan fingerprint density at radius 2 is 1.95 bits per heavy atom. The fraction of sp³-hybridized carbons (Fsp3) is 0.429. The summed E-state index contributed by atoms with van der Waals surface area (Å²) >= 11 is 0. The van der Waals surface area contributed by atoms with Crippen LogP contribution in [-0.4, -0.2) is 31.6 Å². The van der Waals surface area contributed by atoms with E-state index in [4.69, 9.17) is 15.2 Å². The van der Waals surface area contributed by atoms with Gasteiger partial charge in [-0.05, 0) is 30.7 Å². The van der Waals surface area contributed by atoms with Crippen molar-refractivity contribution in [2.45, 2.75) is 25.8 Å². The van der Waals surface area contributed by atoms with Crippen LogP contribution >= 0.6 is 0 Å². The second kappa shape index (κ2) is 8.04. The zero-order valence-electron chi connectivity index (χ0n) is 11.7. The summed E-state index contributed by atoms with van der Waals surface area (Å²) in [6.07, 6.45) is 0.809. The Bertz CT molecular complexity index is 445. The van der Waals surface area contributed by atoms with Gasteiger partial charge in [0.1, 0.15) is 11.8 Å². The molecule has 0 aliphatic heterocycles. The molecular weight excluding hydrogens is 260 g/mol. The van der Waals surface area contributed by atoms with Gasteiger partial charge in [-0.15, -0.1) is 0 Å². The maximum Gasteiger partial charge on any atom is 0.328 e. The molecule has 110 valence electrons. The van der Waals surface area contributed by atoms with E-state index >= 15 is 0 Å². The van der Waals surface area contributed by atoms with Gasteiger partial charge in [0.15, 0.2) is 0 Å². The normalized spacial score (nSPS) is 11.5. The third-order valence-electron chi connectivity index (χ3n) is 2.71. The monoisotopic (exact) mass is 280 g/mol. The SMILES string of the molecule is CCC(Nc1ccc(OCCC(N)=O)cc1)C(=O)OC. The Morgan fingerprint density at radius 3 is 2.45 bits per heavy atom. The van der Waals surface area contributed by atoms with Gasteiger partial charge in [-0.3, -0.25) is 4.79 Å². The fourth-order valence-corrected chi connectivity index (χ4v) is 1.59. The van der Waals surface area contributed by atoms with Crippen LogP contribution < -0.4 is 15.8 Å². The maximum absolute atomic E-state index is 11.5. The molecule has 0 aromatic heterocycles. The molecule has 0 bridgehead atoms. The van der Waals surface area contributed by atoms with Gasteiger partial charge in [0.25, 0.3) is 0 Å². The Labute approximate surface area is 118 Å². The Kier molecular flexibility index (Phi) is 6.36. The molecule has 1 rings (SSSR count). The molecule has 0 spiro atoms. The van der Waals surface area contributed by atoms with Crippen molar-refractivity contribution >= 4 is 17.6 Å². The van der Waals surface area contributed by atoms with E-state index in [1.165, 1.54) is 7.11 Å². The lowest BCUT2D eigenvalue weighted by Crippen LogP contribution is -2.29. The maximum atomic E-state index is 11.5. The van der Waals surface area contributed by atoms with Crippen molar-refractivity contribution in [1.29, 1.82) is 0 Å². The first-order valence-electron chi connectivity index (χ1n) is 6.42. The minimum atomic E-state index is -0.396. The van der Waals surface area contributed by atoms with E-state index in [0.717, 1.165) is 5.69 Å². The molecule has 1 aromatic rings. The number of methoxy groups -OCH3 is 1. The van der Waals surface area contributed by atoms with Crippen molar-refractivity contribution in [3.8, 4) is 5.75 Å². The van der Waals surface area contributed by atoms with Gasteiger partial charge >= 0.3 is 5.97 Å². The molecule has 0 fully saturated rings. The zero-order chi connectivity index (χ0) is 15.0. The number of esters is 1. The highest BCUT2D eigenvalue weighted by Gasteiger charge is 2.16. The van der Waals surface area contributed by atoms with Crippen LogP contribution in [0, 0.1) is 0 Å². The van der Waals surface area contributed by atoms with Crippen molar-refractivity contribution in [2.24, 2.45) is 5.73 Å². The molecule has 0 radical (unpaired) electrons. The van der Waals surface area contributed by atoms with Crippen LogP contribution in [0.2, 0.25) is 0 Å². The molecule has 6 nitrogen and oxygen atoms in total. The Balaban J connectivity index is 2.53. The molecule has 20 heavy (non-hydrogen) atoms. The second-order valence-electron chi connectivity index (χ2n) is 4.22. The van der Waals surface area contributed by atoms with Gasteiger partial charge < -0.3 is 20.5 Å². The molecule has 1 aromatic carbocycles. The number of primary amides is 1. The average Bonchev–Trinajstić information content (AvgIpc) is 2.45. The summed E-state index contributed by atoms with van der Waals surface area (Å²) in [5.41, 5.74) is 5.82. The van der Waals surface area contributed by atoms with Crippen LogP contribution in [0.1, 0.15) is 19.8 Å². The van der Waals surface area contributed by atoms with Crippen LogP contribution in [0.5, 0.6) is 5.75 Å². The third kappa shape index (κ3) is 5.17. The highest BCUT2D eigenvalue weighted by molar-refractivity contribution is 5.79. The van der Waals surface area contributed by atoms with Crippen LogP contribution in [0.15, 0.2) is 24.3 Å². The topological polar surface area (TPSA) is 90.6 Å². The van der Waals surface area contributed by atoms with Gasteiger partial charge in [0, 0.05) is 5.69 Å². The van der Waals surface area contributed by atoms with E-state index in [1.54, 1.807) is 24.3 Å². The van der Waals surface area contributed by atoms with Crippen LogP contribution in [-0.2, 0) is 14.3 Å². The lowest BCUT2D eigenvalue weighted by molar-refractivity contribution is -0.141. The summed E-state index contributed by atoms with van der Waals surface area (Å²) in [4.78, 5) is 22.0. The first-order chi connectivity index (χ1) is 9.56. The minimum Gasteiger partial charge on any atom is -0.493 e. The number of ether oxygens (including phenoxy) is 2. The second-order valence-corrected chi connectivity index (χ2v) is 4.22. The Hall–Kier alpha value is -2.24. The van der Waals surface area contributed by atoms with E-state index < -0.39 is 5.91 Å². The number of rotatable bonds is 8. The summed E-state index contributed by atoms with van der Waals surface area (Å²) in [5, 5.41) is 3.08. The molecular formula is C14H20N2O4. The highest BCUT2D eigenvalue weighted by Crippen LogP contribution is 2.17. The smallest absolute Gasteiger partial charge is 0.328 e. The van der Waals surface area contributed by atoms with Crippen molar-refractivity contribution in [3.05, 3.63) is 24.3 Å². The Morgan fingerprint density at radius 1 is 1.30 bits per heavy atom. The van der Waals surface area contributed by atoms with Gasteiger partial charge in [0.2, 0.25) is 5.91 Å². The van der Waals surface area contributed by atoms with E-state index in [0.29, 0.717) is 12.2 Å². The van der Waals surface area contributed by atoms with E-state index in [1.807, 2.05) is 6.92 Å². The van der Waals surface area contributed by atoms with Crippen molar-refractivity contribution in [1.82, 2.24) is 0 Å². The lowest BCUT2D eigenvalue weighted by atomic mass is 10.2. The summed E-state index contributed by atoms with van der Waals surface area (Å²) < 4.78 is 10.1. The molecule has 6 heteroatoms.